The third-order valence-corrected chi connectivity index (χ3v) is 9.25. The highest BCUT2D eigenvalue weighted by Crippen LogP contribution is 2.48. The molecule has 8 nitrogen and oxygen atoms in total. The number of hydrogen-bond donors (Lipinski definition) is 4. The van der Waals surface area contributed by atoms with E-state index >= 15 is 0 Å². The molecule has 0 atom stereocenters. The van der Waals surface area contributed by atoms with E-state index in [9.17, 15) is 30.3 Å². The van der Waals surface area contributed by atoms with Crippen LogP contribution < -0.4 is 9.68 Å². The van der Waals surface area contributed by atoms with E-state index in [2.05, 4.69) is 0 Å². The largest absolute Gasteiger partial charge is 0.871 e. The van der Waals surface area contributed by atoms with E-state index in [1.807, 2.05) is 106 Å². The first-order valence-corrected chi connectivity index (χ1v) is 15.3. The van der Waals surface area contributed by atoms with Gasteiger partial charge in [0.05, 0.1) is 51.1 Å². The minimum atomic E-state index is -0.814. The number of benzene rings is 5. The Morgan fingerprint density at radius 3 is 1.58 bits per heavy atom. The highest BCUT2D eigenvalue weighted by atomic mass is 16.3. The number of phenols is 2. The minimum Gasteiger partial charge on any atom is -0.871 e. The van der Waals surface area contributed by atoms with Crippen LogP contribution in [0.2, 0.25) is 0 Å². The highest BCUT2D eigenvalue weighted by Gasteiger charge is 2.39. The van der Waals surface area contributed by atoms with E-state index in [-0.39, 0.29) is 11.1 Å². The Labute approximate surface area is 272 Å². The molecule has 48 heavy (non-hydrogen) atoms. The van der Waals surface area contributed by atoms with Crippen molar-refractivity contribution in [3.8, 4) is 28.3 Å². The lowest BCUT2D eigenvalue weighted by molar-refractivity contribution is -0.297. The van der Waals surface area contributed by atoms with Gasteiger partial charge in [-0.25, -0.2) is 0 Å². The summed E-state index contributed by atoms with van der Waals surface area (Å²) in [5, 5.41) is 60.2. The lowest BCUT2D eigenvalue weighted by Gasteiger charge is -2.33. The SMILES string of the molecule is O=C1C(=C2C(O)=CC(=[N+]3c4ccccc4-c4ccccc43)C=C2O)C([O-])=C1c1c(O)cc(-n2c3ccccc3c3ccccc32)cc1O. The molecule has 5 aromatic carbocycles. The van der Waals surface area contributed by atoms with Gasteiger partial charge >= 0.3 is 0 Å². The number of aromatic hydroxyl groups is 2. The first kappa shape index (κ1) is 27.5. The predicted molar refractivity (Wildman–Crippen MR) is 183 cm³/mol. The molecule has 3 aliphatic rings. The van der Waals surface area contributed by atoms with Gasteiger partial charge in [0.1, 0.15) is 23.0 Å². The number of ketones is 1. The van der Waals surface area contributed by atoms with Gasteiger partial charge in [-0.1, -0.05) is 66.4 Å². The summed E-state index contributed by atoms with van der Waals surface area (Å²) in [6.45, 7) is 0. The van der Waals surface area contributed by atoms with E-state index in [0.717, 1.165) is 44.3 Å². The van der Waals surface area contributed by atoms with Crippen molar-refractivity contribution in [1.82, 2.24) is 9.14 Å². The smallest absolute Gasteiger partial charge is 0.219 e. The van der Waals surface area contributed by atoms with Crippen LogP contribution in [0, 0.1) is 0 Å². The van der Waals surface area contributed by atoms with Crippen molar-refractivity contribution in [1.29, 1.82) is 0 Å². The van der Waals surface area contributed by atoms with Crippen LogP contribution in [0.15, 0.2) is 150 Å². The van der Waals surface area contributed by atoms with E-state index < -0.39 is 45.7 Å². The molecule has 0 radical (unpaired) electrons. The van der Waals surface area contributed by atoms with Gasteiger partial charge in [0.25, 0.3) is 0 Å². The van der Waals surface area contributed by atoms with E-state index in [1.54, 1.807) is 0 Å². The molecule has 0 spiro atoms. The number of fused-ring (bicyclic) bond motifs is 6. The number of aromatic nitrogens is 1. The van der Waals surface area contributed by atoms with Crippen LogP contribution >= 0.6 is 0 Å². The van der Waals surface area contributed by atoms with Gasteiger partial charge in [0.2, 0.25) is 17.1 Å². The van der Waals surface area contributed by atoms with Crippen LogP contribution in [0.25, 0.3) is 44.2 Å². The number of nitrogens with zero attached hydrogens (tertiary/aromatic N) is 2. The third kappa shape index (κ3) is 3.65. The van der Waals surface area contributed by atoms with Gasteiger partial charge in [-0.2, -0.15) is 4.58 Å². The summed E-state index contributed by atoms with van der Waals surface area (Å²) in [7, 11) is 0. The topological polar surface area (TPSA) is 129 Å². The molecule has 0 saturated heterocycles. The van der Waals surface area contributed by atoms with Gasteiger partial charge in [-0.3, -0.25) is 4.79 Å². The number of rotatable bonds is 2. The highest BCUT2D eigenvalue weighted by molar-refractivity contribution is 6.40. The Hall–Kier alpha value is -6.80. The fourth-order valence-corrected chi connectivity index (χ4v) is 7.21. The number of aliphatic hydroxyl groups is 2. The summed E-state index contributed by atoms with van der Waals surface area (Å²) in [5.41, 5.74) is 4.75. The minimum absolute atomic E-state index is 0.306. The second-order valence-electron chi connectivity index (χ2n) is 11.9. The number of allylic oxidation sites excluding steroid dienone is 4. The molecule has 6 aromatic rings. The van der Waals surface area contributed by atoms with Crippen molar-refractivity contribution in [3.05, 3.63) is 155 Å². The Bertz CT molecular complexity index is 2480. The summed E-state index contributed by atoms with van der Waals surface area (Å²) < 4.78 is 3.77. The van der Waals surface area contributed by atoms with Crippen molar-refractivity contribution in [2.24, 2.45) is 0 Å². The monoisotopic (exact) mass is 628 g/mol. The van der Waals surface area contributed by atoms with Gasteiger partial charge in [-0.05, 0) is 24.3 Å². The Kier molecular flexibility index (Phi) is 5.64. The van der Waals surface area contributed by atoms with E-state index in [1.165, 1.54) is 24.3 Å². The van der Waals surface area contributed by atoms with Crippen molar-refractivity contribution in [2.75, 3.05) is 0 Å². The van der Waals surface area contributed by atoms with Crippen molar-refractivity contribution < 1.29 is 30.3 Å². The quantitative estimate of drug-likeness (QED) is 0.121. The summed E-state index contributed by atoms with van der Waals surface area (Å²) in [5.74, 6) is -3.47. The molecule has 0 bridgehead atoms. The predicted octanol–water partition coefficient (Wildman–Crippen LogP) is 7.00. The number of carbonyl (C=O) groups is 1. The fourth-order valence-electron chi connectivity index (χ4n) is 7.21. The molecule has 2 aliphatic carbocycles. The zero-order chi connectivity index (χ0) is 32.8. The molecule has 9 rings (SSSR count). The van der Waals surface area contributed by atoms with Crippen LogP contribution in [0.5, 0.6) is 11.5 Å². The molecule has 0 unspecified atom stereocenters. The Morgan fingerprint density at radius 1 is 0.583 bits per heavy atom. The summed E-state index contributed by atoms with van der Waals surface area (Å²) in [6, 6.07) is 33.8. The Balaban J connectivity index is 1.15. The first-order valence-electron chi connectivity index (χ1n) is 15.3. The fraction of sp³-hybridized carbons (Fsp3) is 0. The van der Waals surface area contributed by atoms with E-state index in [0.29, 0.717) is 11.4 Å². The second-order valence-corrected chi connectivity index (χ2v) is 11.9. The molecule has 8 heteroatoms. The maximum Gasteiger partial charge on any atom is 0.219 e. The number of hydrogen-bond acceptors (Lipinski definition) is 6. The molecular weight excluding hydrogens is 604 g/mol. The standard InChI is InChI=1S/C40H24N2O6/c43-31-17-21(41-27-13-5-1-9-23(27)24-10-2-6-14-28(24)41)18-32(44)35(31)37-39(47)38(40(37)48)36-33(45)19-22(20-34(36)46)42-29-15-7-3-11-25(29)26-12-4-8-16-30(26)42/h1-20H,(H4,43,44,45,46,47,48). The second kappa shape index (κ2) is 9.85. The average molecular weight is 629 g/mol. The summed E-state index contributed by atoms with van der Waals surface area (Å²) in [4.78, 5) is 13.6. The molecule has 0 saturated carbocycles. The maximum atomic E-state index is 13.6. The van der Waals surface area contributed by atoms with Gasteiger partial charge in [0.15, 0.2) is 5.78 Å². The van der Waals surface area contributed by atoms with Crippen LogP contribution in [0.3, 0.4) is 0 Å². The molecule has 1 aromatic heterocycles. The lowest BCUT2D eigenvalue weighted by Crippen LogP contribution is -2.32. The molecule has 0 fully saturated rings. The molecular formula is C40H24N2O6. The normalized spacial score (nSPS) is 15.5. The van der Waals surface area contributed by atoms with Crippen molar-refractivity contribution in [3.63, 3.8) is 0 Å². The number of Topliss-reactive ketones (excluding diaryl/α,β-unsaturated/α-hetero) is 1. The van der Waals surface area contributed by atoms with Crippen LogP contribution in [-0.2, 0) is 4.79 Å². The van der Waals surface area contributed by atoms with Crippen LogP contribution in [0.4, 0.5) is 11.4 Å². The third-order valence-electron chi connectivity index (χ3n) is 9.25. The number of phenolic OH excluding ortho intramolecular Hbond substituents is 2. The van der Waals surface area contributed by atoms with Gasteiger partial charge < -0.3 is 30.1 Å². The zero-order valence-electron chi connectivity index (χ0n) is 25.0. The summed E-state index contributed by atoms with van der Waals surface area (Å²) in [6.07, 6.45) is 2.80. The maximum absolute atomic E-state index is 13.6. The van der Waals surface area contributed by atoms with Crippen molar-refractivity contribution >= 4 is 50.2 Å². The van der Waals surface area contributed by atoms with Gasteiger partial charge in [0, 0.05) is 46.2 Å². The number of para-hydroxylation sites is 4. The molecule has 230 valence electrons. The van der Waals surface area contributed by atoms with Crippen LogP contribution in [-0.4, -0.2) is 36.5 Å². The molecule has 4 N–H and O–H groups in total. The van der Waals surface area contributed by atoms with Gasteiger partial charge in [-0.15, -0.1) is 0 Å². The van der Waals surface area contributed by atoms with Crippen LogP contribution in [0.1, 0.15) is 5.56 Å². The van der Waals surface area contributed by atoms with Crippen molar-refractivity contribution in [2.45, 2.75) is 0 Å². The molecule has 1 aliphatic heterocycles. The summed E-state index contributed by atoms with van der Waals surface area (Å²) >= 11 is 0. The first-order chi connectivity index (χ1) is 23.3. The zero-order valence-corrected chi connectivity index (χ0v) is 25.0. The molecule has 2 heterocycles. The number of carbonyl (C=O) groups excluding carboxylic acids is 1. The Morgan fingerprint density at radius 2 is 1.06 bits per heavy atom. The van der Waals surface area contributed by atoms with E-state index in [4.69, 9.17) is 0 Å². The molecule has 0 amide bonds. The lowest BCUT2D eigenvalue weighted by atomic mass is 9.78. The number of aliphatic hydroxyl groups excluding tert-OH is 2. The average Bonchev–Trinajstić information content (AvgIpc) is 3.61.